The SMILES string of the molecule is COc1cccc(-c2nc(-c3nnn4c3CO[C@@H](c3ccccc3Cl)C4)no2)c1OC. The summed E-state index contributed by atoms with van der Waals surface area (Å²) in [6, 6.07) is 13.0. The summed E-state index contributed by atoms with van der Waals surface area (Å²) in [6.07, 6.45) is -0.211. The second kappa shape index (κ2) is 8.01. The molecule has 158 valence electrons. The second-order valence-electron chi connectivity index (χ2n) is 6.85. The quantitative estimate of drug-likeness (QED) is 0.461. The van der Waals surface area contributed by atoms with E-state index in [1.54, 1.807) is 25.0 Å². The van der Waals surface area contributed by atoms with Gasteiger partial charge in [0.1, 0.15) is 6.10 Å². The third-order valence-electron chi connectivity index (χ3n) is 5.12. The molecule has 0 aliphatic carbocycles. The van der Waals surface area contributed by atoms with Gasteiger partial charge >= 0.3 is 0 Å². The average molecular weight is 440 g/mol. The molecule has 1 aliphatic heterocycles. The highest BCUT2D eigenvalue weighted by Gasteiger charge is 2.29. The number of halogens is 1. The highest BCUT2D eigenvalue weighted by molar-refractivity contribution is 6.31. The summed E-state index contributed by atoms with van der Waals surface area (Å²) in [5.74, 6) is 1.69. The number of hydrogen-bond donors (Lipinski definition) is 0. The highest BCUT2D eigenvalue weighted by atomic mass is 35.5. The number of aromatic nitrogens is 5. The number of rotatable bonds is 5. The third-order valence-corrected chi connectivity index (χ3v) is 5.47. The van der Waals surface area contributed by atoms with E-state index < -0.39 is 0 Å². The largest absolute Gasteiger partial charge is 0.493 e. The fourth-order valence-corrected chi connectivity index (χ4v) is 3.85. The molecule has 0 bridgehead atoms. The van der Waals surface area contributed by atoms with Crippen LogP contribution in [0, 0.1) is 0 Å². The Labute approximate surface area is 182 Å². The average Bonchev–Trinajstić information content (AvgIpc) is 3.45. The van der Waals surface area contributed by atoms with Crippen molar-refractivity contribution in [3.05, 3.63) is 58.7 Å². The van der Waals surface area contributed by atoms with Crippen LogP contribution in [0.3, 0.4) is 0 Å². The summed E-state index contributed by atoms with van der Waals surface area (Å²) in [4.78, 5) is 4.50. The zero-order valence-corrected chi connectivity index (χ0v) is 17.5. The molecule has 1 atom stereocenters. The molecule has 0 fully saturated rings. The molecule has 4 aromatic rings. The summed E-state index contributed by atoms with van der Waals surface area (Å²) in [7, 11) is 3.13. The highest BCUT2D eigenvalue weighted by Crippen LogP contribution is 2.38. The normalized spacial score (nSPS) is 15.5. The molecule has 0 spiro atoms. The molecule has 0 unspecified atom stereocenters. The van der Waals surface area contributed by atoms with Crippen molar-refractivity contribution >= 4 is 11.6 Å². The number of fused-ring (bicyclic) bond motifs is 1. The van der Waals surface area contributed by atoms with Crippen LogP contribution >= 0.6 is 11.6 Å². The van der Waals surface area contributed by atoms with Crippen LogP contribution in [-0.2, 0) is 17.9 Å². The van der Waals surface area contributed by atoms with Crippen molar-refractivity contribution in [2.24, 2.45) is 0 Å². The molecule has 10 heteroatoms. The van der Waals surface area contributed by atoms with Crippen molar-refractivity contribution < 1.29 is 18.7 Å². The van der Waals surface area contributed by atoms with E-state index in [-0.39, 0.29) is 12.0 Å². The molecule has 0 amide bonds. The Hall–Kier alpha value is -3.43. The fraction of sp³-hybridized carbons (Fsp3) is 0.238. The van der Waals surface area contributed by atoms with Crippen LogP contribution in [0.4, 0.5) is 0 Å². The molecule has 1 aliphatic rings. The van der Waals surface area contributed by atoms with Gasteiger partial charge in [0.25, 0.3) is 5.89 Å². The number of benzene rings is 2. The summed E-state index contributed by atoms with van der Waals surface area (Å²) in [5, 5.41) is 13.3. The van der Waals surface area contributed by atoms with E-state index in [1.165, 1.54) is 0 Å². The number of methoxy groups -OCH3 is 2. The van der Waals surface area contributed by atoms with Crippen LogP contribution in [0.2, 0.25) is 5.02 Å². The number of para-hydroxylation sites is 1. The first-order valence-electron chi connectivity index (χ1n) is 9.53. The van der Waals surface area contributed by atoms with Gasteiger partial charge in [-0.1, -0.05) is 46.2 Å². The first kappa shape index (κ1) is 19.5. The summed E-state index contributed by atoms with van der Waals surface area (Å²) >= 11 is 6.32. The van der Waals surface area contributed by atoms with Crippen molar-refractivity contribution in [1.82, 2.24) is 25.1 Å². The van der Waals surface area contributed by atoms with E-state index in [0.717, 1.165) is 11.3 Å². The lowest BCUT2D eigenvalue weighted by atomic mass is 10.1. The second-order valence-corrected chi connectivity index (χ2v) is 7.26. The first-order valence-corrected chi connectivity index (χ1v) is 9.91. The molecule has 0 N–H and O–H groups in total. The van der Waals surface area contributed by atoms with E-state index in [2.05, 4.69) is 20.5 Å². The van der Waals surface area contributed by atoms with Crippen LogP contribution in [-0.4, -0.2) is 39.4 Å². The number of ether oxygens (including phenoxy) is 3. The molecular formula is C21H18ClN5O4. The lowest BCUT2D eigenvalue weighted by molar-refractivity contribution is -0.00106. The Bertz CT molecular complexity index is 1240. The fourth-order valence-electron chi connectivity index (χ4n) is 3.59. The molecule has 2 aromatic carbocycles. The molecular weight excluding hydrogens is 422 g/mol. The maximum atomic E-state index is 6.32. The van der Waals surface area contributed by atoms with Crippen LogP contribution in [0.15, 0.2) is 47.0 Å². The van der Waals surface area contributed by atoms with E-state index in [4.69, 9.17) is 30.3 Å². The van der Waals surface area contributed by atoms with Gasteiger partial charge in [-0.2, -0.15) is 4.98 Å². The van der Waals surface area contributed by atoms with Gasteiger partial charge in [-0.3, -0.25) is 0 Å². The van der Waals surface area contributed by atoms with Gasteiger partial charge in [0.2, 0.25) is 5.82 Å². The van der Waals surface area contributed by atoms with Gasteiger partial charge in [-0.05, 0) is 18.2 Å². The van der Waals surface area contributed by atoms with Crippen molar-refractivity contribution in [3.63, 3.8) is 0 Å². The van der Waals surface area contributed by atoms with Gasteiger partial charge in [-0.25, -0.2) is 4.68 Å². The summed E-state index contributed by atoms with van der Waals surface area (Å²) in [5.41, 5.74) is 2.82. The molecule has 31 heavy (non-hydrogen) atoms. The topological polar surface area (TPSA) is 97.3 Å². The summed E-state index contributed by atoms with van der Waals surface area (Å²) in [6.45, 7) is 0.783. The molecule has 5 rings (SSSR count). The molecule has 9 nitrogen and oxygen atoms in total. The Morgan fingerprint density at radius 3 is 2.77 bits per heavy atom. The van der Waals surface area contributed by atoms with Crippen molar-refractivity contribution in [1.29, 1.82) is 0 Å². The van der Waals surface area contributed by atoms with Crippen LogP contribution in [0.5, 0.6) is 11.5 Å². The number of hydrogen-bond acceptors (Lipinski definition) is 8. The Balaban J connectivity index is 1.45. The molecule has 0 saturated heterocycles. The predicted octanol–water partition coefficient (Wildman–Crippen LogP) is 3.94. The Morgan fingerprint density at radius 1 is 1.10 bits per heavy atom. The standard InChI is InChI=1S/C21H18ClN5O4/c1-28-16-9-5-7-13(19(16)29-2)21-23-20(25-31-21)18-15-11-30-17(10-27(15)26-24-18)12-6-3-4-8-14(12)22/h3-9,17H,10-11H2,1-2H3/t17-/m1/s1. The Kier molecular flexibility index (Phi) is 5.05. The zero-order valence-electron chi connectivity index (χ0n) is 16.8. The lowest BCUT2D eigenvalue weighted by Crippen LogP contribution is -2.22. The van der Waals surface area contributed by atoms with Crippen LogP contribution in [0.1, 0.15) is 17.4 Å². The Morgan fingerprint density at radius 2 is 1.97 bits per heavy atom. The minimum Gasteiger partial charge on any atom is -0.493 e. The maximum absolute atomic E-state index is 6.32. The zero-order chi connectivity index (χ0) is 21.4. The van der Waals surface area contributed by atoms with E-state index in [1.807, 2.05) is 36.4 Å². The van der Waals surface area contributed by atoms with E-state index in [9.17, 15) is 0 Å². The predicted molar refractivity (Wildman–Crippen MR) is 111 cm³/mol. The third kappa shape index (κ3) is 3.41. The van der Waals surface area contributed by atoms with Crippen molar-refractivity contribution in [2.45, 2.75) is 19.3 Å². The molecule has 3 heterocycles. The minimum atomic E-state index is -0.211. The smallest absolute Gasteiger partial charge is 0.262 e. The molecule has 0 saturated carbocycles. The van der Waals surface area contributed by atoms with Crippen LogP contribution in [0.25, 0.3) is 23.0 Å². The van der Waals surface area contributed by atoms with Gasteiger partial charge in [-0.15, -0.1) is 5.10 Å². The van der Waals surface area contributed by atoms with Crippen LogP contribution < -0.4 is 9.47 Å². The lowest BCUT2D eigenvalue weighted by Gasteiger charge is -2.24. The van der Waals surface area contributed by atoms with Gasteiger partial charge in [0.05, 0.1) is 38.6 Å². The van der Waals surface area contributed by atoms with E-state index in [0.29, 0.717) is 46.8 Å². The van der Waals surface area contributed by atoms with Gasteiger partial charge in [0, 0.05) is 10.6 Å². The monoisotopic (exact) mass is 439 g/mol. The number of nitrogens with zero attached hydrogens (tertiary/aromatic N) is 5. The van der Waals surface area contributed by atoms with Crippen molar-refractivity contribution in [2.75, 3.05) is 14.2 Å². The molecule has 0 radical (unpaired) electrons. The maximum Gasteiger partial charge on any atom is 0.262 e. The molecule has 2 aromatic heterocycles. The van der Waals surface area contributed by atoms with Gasteiger partial charge < -0.3 is 18.7 Å². The van der Waals surface area contributed by atoms with E-state index >= 15 is 0 Å². The first-order chi connectivity index (χ1) is 15.2. The van der Waals surface area contributed by atoms with Gasteiger partial charge in [0.15, 0.2) is 17.2 Å². The van der Waals surface area contributed by atoms with Crippen molar-refractivity contribution in [3.8, 4) is 34.5 Å². The minimum absolute atomic E-state index is 0.211. The summed E-state index contributed by atoms with van der Waals surface area (Å²) < 4.78 is 24.1.